The smallest absolute Gasteiger partial charge is 0.357 e. The second kappa shape index (κ2) is 9.47. The number of nitrogens with zero attached hydrogens (tertiary/aromatic N) is 1. The Morgan fingerprint density at radius 3 is 2.79 bits per heavy atom. The van der Waals surface area contributed by atoms with Gasteiger partial charge in [0, 0.05) is 12.1 Å². The third kappa shape index (κ3) is 4.54. The Morgan fingerprint density at radius 2 is 2.17 bits per heavy atom. The van der Waals surface area contributed by atoms with E-state index in [1.54, 1.807) is 24.3 Å². The monoisotopic (exact) mass is 530 g/mol. The van der Waals surface area contributed by atoms with Gasteiger partial charge in [-0.1, -0.05) is 29.8 Å². The van der Waals surface area contributed by atoms with Crippen molar-refractivity contribution < 1.29 is 43.4 Å². The van der Waals surface area contributed by atoms with Crippen LogP contribution >= 0.6 is 27.5 Å². The van der Waals surface area contributed by atoms with Gasteiger partial charge < -0.3 is 44.7 Å². The van der Waals surface area contributed by atoms with Crippen LogP contribution in [0.25, 0.3) is 0 Å². The molecule has 3 N–H and O–H groups in total. The van der Waals surface area contributed by atoms with Crippen LogP contribution in [0.1, 0.15) is 16.1 Å². The number of quaternary nitrogens is 1. The molecular weight excluding hydrogens is 519 g/mol. The minimum Gasteiger partial charge on any atom is -1.00 e. The molecule has 0 bridgehead atoms. The summed E-state index contributed by atoms with van der Waals surface area (Å²) in [6, 6.07) is 6.86. The molecule has 0 aliphatic carbocycles. The van der Waals surface area contributed by atoms with Crippen molar-refractivity contribution >= 4 is 44.9 Å². The van der Waals surface area contributed by atoms with Gasteiger partial charge in [-0.15, -0.1) is 0 Å². The standard InChI is InChI=1S/C14H12BrClFN3O3.HI/c1-23-14(21)12-9(15)11(10(17)13(16)19-12)18-6-7-4-2-3-5-8(7)20-22;/h2-5H,6,20H2,1H3,(H,18,19);1H/p-1. The highest BCUT2D eigenvalue weighted by Gasteiger charge is 2.22. The van der Waals surface area contributed by atoms with Crippen molar-refractivity contribution in [2.24, 2.45) is 0 Å². The second-order valence-electron chi connectivity index (χ2n) is 4.42. The molecule has 2 rings (SSSR count). The highest BCUT2D eigenvalue weighted by Crippen LogP contribution is 2.33. The number of anilines is 1. The molecule has 130 valence electrons. The van der Waals surface area contributed by atoms with Gasteiger partial charge in [0.2, 0.25) is 0 Å². The van der Waals surface area contributed by atoms with E-state index in [-0.39, 0.29) is 46.4 Å². The molecule has 10 heteroatoms. The number of hydrogen-bond acceptors (Lipinski definition) is 5. The van der Waals surface area contributed by atoms with E-state index >= 15 is 0 Å². The van der Waals surface area contributed by atoms with E-state index in [0.717, 1.165) is 0 Å². The zero-order valence-corrected chi connectivity index (χ0v) is 16.8. The molecule has 0 atom stereocenters. The first-order valence-electron chi connectivity index (χ1n) is 6.39. The maximum absolute atomic E-state index is 14.2. The average Bonchev–Trinajstić information content (AvgIpc) is 2.57. The second-order valence-corrected chi connectivity index (χ2v) is 5.57. The maximum atomic E-state index is 14.2. The van der Waals surface area contributed by atoms with Crippen LogP contribution in [0.2, 0.25) is 5.15 Å². The largest absolute Gasteiger partial charge is 1.00 e. The van der Waals surface area contributed by atoms with Crippen LogP contribution in [0.5, 0.6) is 0 Å². The van der Waals surface area contributed by atoms with Crippen molar-refractivity contribution in [1.29, 1.82) is 0 Å². The molecule has 6 nitrogen and oxygen atoms in total. The van der Waals surface area contributed by atoms with Crippen LogP contribution in [-0.2, 0) is 11.3 Å². The topological polar surface area (TPSA) is 90.9 Å². The summed E-state index contributed by atoms with van der Waals surface area (Å²) < 4.78 is 18.9. The lowest BCUT2D eigenvalue weighted by Crippen LogP contribution is -3.00. The van der Waals surface area contributed by atoms with Gasteiger partial charge in [0.25, 0.3) is 0 Å². The molecule has 0 radical (unpaired) electrons. The Hall–Kier alpha value is -1.01. The van der Waals surface area contributed by atoms with Crippen LogP contribution in [0.4, 0.5) is 15.8 Å². The van der Waals surface area contributed by atoms with Crippen molar-refractivity contribution in [2.75, 3.05) is 12.4 Å². The average molecular weight is 532 g/mol. The van der Waals surface area contributed by atoms with Crippen molar-refractivity contribution in [3.63, 3.8) is 0 Å². The third-order valence-electron chi connectivity index (χ3n) is 3.05. The third-order valence-corrected chi connectivity index (χ3v) is 4.08. The first kappa shape index (κ1) is 21.0. The predicted molar refractivity (Wildman–Crippen MR) is 87.0 cm³/mol. The lowest BCUT2D eigenvalue weighted by atomic mass is 10.2. The van der Waals surface area contributed by atoms with Crippen LogP contribution in [0, 0.1) is 11.0 Å². The number of carbonyl (C=O) groups is 1. The first-order chi connectivity index (χ1) is 11.0. The lowest BCUT2D eigenvalue weighted by Gasteiger charge is -2.14. The van der Waals surface area contributed by atoms with Crippen LogP contribution < -0.4 is 34.8 Å². The van der Waals surface area contributed by atoms with E-state index in [0.29, 0.717) is 16.7 Å². The minimum atomic E-state index is -0.810. The van der Waals surface area contributed by atoms with Gasteiger partial charge in [-0.25, -0.2) is 14.2 Å². The fraction of sp³-hybridized carbons (Fsp3) is 0.143. The minimum absolute atomic E-state index is 0. The molecular formula is C14H12BrClFIN3O3-. The number of ether oxygens (including phenoxy) is 1. The van der Waals surface area contributed by atoms with E-state index in [1.807, 2.05) is 0 Å². The number of aromatic nitrogens is 1. The van der Waals surface area contributed by atoms with Gasteiger partial charge in [-0.05, 0) is 22.0 Å². The van der Waals surface area contributed by atoms with Crippen molar-refractivity contribution in [2.45, 2.75) is 6.54 Å². The van der Waals surface area contributed by atoms with Gasteiger partial charge in [0.15, 0.2) is 16.7 Å². The number of pyridine rings is 1. The molecule has 0 unspecified atom stereocenters. The van der Waals surface area contributed by atoms with Crippen LogP contribution in [0.15, 0.2) is 28.7 Å². The number of carbonyl (C=O) groups excluding carboxylic acids is 1. The van der Waals surface area contributed by atoms with Crippen molar-refractivity contribution in [3.8, 4) is 0 Å². The molecule has 0 saturated heterocycles. The van der Waals surface area contributed by atoms with Gasteiger partial charge >= 0.3 is 5.97 Å². The van der Waals surface area contributed by atoms with Crippen LogP contribution in [0.3, 0.4) is 0 Å². The Bertz CT molecular complexity index is 751. The number of nitrogens with one attached hydrogen (secondary N) is 1. The summed E-state index contributed by atoms with van der Waals surface area (Å²) in [7, 11) is 1.18. The molecule has 1 aromatic heterocycles. The Kier molecular flexibility index (Phi) is 8.30. The Morgan fingerprint density at radius 1 is 1.50 bits per heavy atom. The molecule has 2 aromatic rings. The zero-order valence-electron chi connectivity index (χ0n) is 12.3. The zero-order chi connectivity index (χ0) is 17.0. The number of hydrogen-bond donors (Lipinski definition) is 2. The summed E-state index contributed by atoms with van der Waals surface area (Å²) >= 11 is 8.84. The maximum Gasteiger partial charge on any atom is 0.357 e. The molecule has 0 amide bonds. The molecule has 1 heterocycles. The highest BCUT2D eigenvalue weighted by atomic mass is 127. The number of rotatable bonds is 5. The highest BCUT2D eigenvalue weighted by molar-refractivity contribution is 9.10. The summed E-state index contributed by atoms with van der Waals surface area (Å²) in [5, 5.41) is 13.4. The summed E-state index contributed by atoms with van der Waals surface area (Å²) in [6.07, 6.45) is 0. The summed E-state index contributed by atoms with van der Waals surface area (Å²) in [4.78, 5) is 15.3. The molecule has 24 heavy (non-hydrogen) atoms. The fourth-order valence-corrected chi connectivity index (χ4v) is 2.64. The Balaban J connectivity index is 0.00000288. The van der Waals surface area contributed by atoms with Crippen molar-refractivity contribution in [3.05, 3.63) is 56.2 Å². The predicted octanol–water partition coefficient (Wildman–Crippen LogP) is -0.268. The van der Waals surface area contributed by atoms with E-state index in [1.165, 1.54) is 7.11 Å². The molecule has 0 saturated carbocycles. The normalized spacial score (nSPS) is 10.0. The lowest BCUT2D eigenvalue weighted by molar-refractivity contribution is -0.497. The SMILES string of the molecule is COC(=O)c1nc(Cl)c(F)c(NCc2ccccc2[NH2+][O-])c1Br.[I-]. The number of esters is 1. The fourth-order valence-electron chi connectivity index (χ4n) is 1.90. The first-order valence-corrected chi connectivity index (χ1v) is 7.56. The number of halogens is 4. The Labute approximate surface area is 167 Å². The van der Waals surface area contributed by atoms with Gasteiger partial charge in [-0.2, -0.15) is 0 Å². The van der Waals surface area contributed by atoms with E-state index < -0.39 is 16.9 Å². The molecule has 0 fully saturated rings. The quantitative estimate of drug-likeness (QED) is 0.182. The number of benzene rings is 1. The number of methoxy groups -OCH3 is 1. The number of nitrogens with two attached hydrogens (primary N) is 1. The molecule has 0 spiro atoms. The van der Waals surface area contributed by atoms with Gasteiger partial charge in [0.05, 0.1) is 17.3 Å². The summed E-state index contributed by atoms with van der Waals surface area (Å²) in [5.41, 5.74) is 1.67. The van der Waals surface area contributed by atoms with Gasteiger partial charge in [0.1, 0.15) is 5.69 Å². The molecule has 0 aliphatic rings. The summed E-state index contributed by atoms with van der Waals surface area (Å²) in [5.74, 6) is -1.56. The molecule has 1 aromatic carbocycles. The molecule has 0 aliphatic heterocycles. The van der Waals surface area contributed by atoms with E-state index in [2.05, 4.69) is 31.0 Å². The van der Waals surface area contributed by atoms with Crippen molar-refractivity contribution in [1.82, 2.24) is 4.98 Å². The summed E-state index contributed by atoms with van der Waals surface area (Å²) in [6.45, 7) is 0.158. The van der Waals surface area contributed by atoms with Crippen LogP contribution in [-0.4, -0.2) is 18.1 Å². The van der Waals surface area contributed by atoms with E-state index in [4.69, 9.17) is 11.6 Å². The van der Waals surface area contributed by atoms with Gasteiger partial charge in [-0.3, -0.25) is 0 Å². The van der Waals surface area contributed by atoms with E-state index in [9.17, 15) is 14.4 Å².